The fraction of sp³-hybridized carbons (Fsp3) is 0.0667. The topological polar surface area (TPSA) is 61.1 Å². The van der Waals surface area contributed by atoms with Gasteiger partial charge >= 0.3 is 0 Å². The van der Waals surface area contributed by atoms with E-state index in [9.17, 15) is 4.91 Å². The van der Waals surface area contributed by atoms with Gasteiger partial charge in [-0.05, 0) is 17.7 Å². The first kappa shape index (κ1) is 12.2. The quantitative estimate of drug-likeness (QED) is 0.583. The molecule has 0 bridgehead atoms. The molecule has 5 heteroatoms. The van der Waals surface area contributed by atoms with Crippen LogP contribution in [-0.2, 0) is 0 Å². The van der Waals surface area contributed by atoms with Crippen LogP contribution in [0.4, 0.5) is 11.6 Å². The van der Waals surface area contributed by atoms with Gasteiger partial charge in [0.25, 0.3) is 5.69 Å². The van der Waals surface area contributed by atoms with Crippen molar-refractivity contribution in [1.82, 2.24) is 9.97 Å². The third kappa shape index (κ3) is 2.47. The fourth-order valence-electron chi connectivity index (χ4n) is 1.94. The molecule has 1 heterocycles. The number of rotatable bonds is 3. The zero-order valence-corrected chi connectivity index (χ0v) is 10.9. The summed E-state index contributed by atoms with van der Waals surface area (Å²) in [6.07, 6.45) is 1.69. The number of H-pyrrole nitrogens is 1. The Hall–Kier alpha value is -2.82. The molecule has 5 nitrogen and oxygen atoms in total. The number of fused-ring (bicyclic) bond motifs is 1. The van der Waals surface area contributed by atoms with Crippen molar-refractivity contribution in [3.63, 3.8) is 0 Å². The fourth-order valence-corrected chi connectivity index (χ4v) is 1.94. The lowest BCUT2D eigenvalue weighted by Crippen LogP contribution is -1.91. The van der Waals surface area contributed by atoms with Crippen molar-refractivity contribution < 1.29 is 4.76 Å². The maximum atomic E-state index is 11.2. The zero-order chi connectivity index (χ0) is 13.9. The van der Waals surface area contributed by atoms with Gasteiger partial charge in [-0.15, -0.1) is 0 Å². The summed E-state index contributed by atoms with van der Waals surface area (Å²) >= 11 is 0. The second-order valence-electron chi connectivity index (χ2n) is 4.43. The maximum Gasteiger partial charge on any atom is 0.256 e. The van der Waals surface area contributed by atoms with E-state index in [-0.39, 0.29) is 0 Å². The van der Waals surface area contributed by atoms with E-state index >= 15 is 0 Å². The number of nitrogens with one attached hydrogen (secondary N) is 1. The van der Waals surface area contributed by atoms with Crippen LogP contribution in [0.15, 0.2) is 53.5 Å². The predicted molar refractivity (Wildman–Crippen MR) is 79.0 cm³/mol. The number of nitroso groups, excluding NO2 is 1. The average molecular weight is 265 g/mol. The summed E-state index contributed by atoms with van der Waals surface area (Å²) in [7, 11) is 1.47. The summed E-state index contributed by atoms with van der Waals surface area (Å²) in [6, 6.07) is 15.0. The van der Waals surface area contributed by atoms with Crippen LogP contribution in [0, 0.1) is 4.91 Å². The molecular weight excluding hydrogens is 252 g/mol. The Labute approximate surface area is 115 Å². The molecule has 0 spiro atoms. The minimum absolute atomic E-state index is 0.548. The van der Waals surface area contributed by atoms with Crippen molar-refractivity contribution in [3.8, 4) is 0 Å². The Kier molecular flexibility index (Phi) is 3.09. The number of aromatic amines is 1. The Morgan fingerprint density at radius 3 is 2.85 bits per heavy atom. The van der Waals surface area contributed by atoms with Gasteiger partial charge in [-0.2, -0.15) is 0 Å². The smallest absolute Gasteiger partial charge is 0.256 e. The zero-order valence-electron chi connectivity index (χ0n) is 10.9. The van der Waals surface area contributed by atoms with E-state index in [0.29, 0.717) is 11.6 Å². The number of benzene rings is 2. The molecule has 0 aliphatic rings. The van der Waals surface area contributed by atoms with Crippen LogP contribution in [0.2, 0.25) is 0 Å². The molecule has 3 aromatic rings. The molecule has 0 aliphatic heterocycles. The Balaban J connectivity index is 1.89. The number of nitrogens with zero attached hydrogens (tertiary/aromatic N) is 3. The highest BCUT2D eigenvalue weighted by Crippen LogP contribution is 2.16. The molecule has 98 valence electrons. The first-order chi connectivity index (χ1) is 9.72. The van der Waals surface area contributed by atoms with Crippen molar-refractivity contribution in [1.29, 1.82) is 0 Å². The molecule has 0 radical (unpaired) electrons. The van der Waals surface area contributed by atoms with E-state index in [1.165, 1.54) is 7.05 Å². The molecule has 0 aliphatic carbocycles. The second kappa shape index (κ2) is 5.05. The number of para-hydroxylation sites is 2. The molecular formula is C15H13N4O+. The molecule has 0 fully saturated rings. The number of hydrogen-bond donors (Lipinski definition) is 1. The largest absolute Gasteiger partial charge is 0.322 e. The monoisotopic (exact) mass is 265 g/mol. The van der Waals surface area contributed by atoms with Gasteiger partial charge in [0, 0.05) is 28.0 Å². The molecule has 0 atom stereocenters. The van der Waals surface area contributed by atoms with Gasteiger partial charge in [-0.1, -0.05) is 24.3 Å². The minimum Gasteiger partial charge on any atom is -0.322 e. The first-order valence-corrected chi connectivity index (χ1v) is 6.22. The van der Waals surface area contributed by atoms with Crippen molar-refractivity contribution in [3.05, 3.63) is 59.0 Å². The molecule has 20 heavy (non-hydrogen) atoms. The molecule has 1 N–H and O–H groups in total. The van der Waals surface area contributed by atoms with Gasteiger partial charge in [-0.25, -0.2) is 9.98 Å². The van der Waals surface area contributed by atoms with Crippen LogP contribution in [0.1, 0.15) is 5.56 Å². The molecule has 1 aromatic heterocycles. The predicted octanol–water partition coefficient (Wildman–Crippen LogP) is 3.35. The number of hydrogen-bond acceptors (Lipinski definition) is 3. The lowest BCUT2D eigenvalue weighted by Gasteiger charge is -1.91. The second-order valence-corrected chi connectivity index (χ2v) is 4.43. The normalized spacial score (nSPS) is 11.2. The maximum absolute atomic E-state index is 11.2. The highest BCUT2D eigenvalue weighted by Gasteiger charge is 2.05. The lowest BCUT2D eigenvalue weighted by molar-refractivity contribution is -0.428. The molecule has 2 aromatic carbocycles. The van der Waals surface area contributed by atoms with Gasteiger partial charge in [0.2, 0.25) is 5.95 Å². The summed E-state index contributed by atoms with van der Waals surface area (Å²) in [5.74, 6) is 0.548. The molecule has 0 unspecified atom stereocenters. The number of imidazole rings is 1. The van der Waals surface area contributed by atoms with Crippen molar-refractivity contribution in [2.75, 3.05) is 7.05 Å². The third-order valence-corrected chi connectivity index (χ3v) is 2.95. The Morgan fingerprint density at radius 2 is 2.05 bits per heavy atom. The van der Waals surface area contributed by atoms with Gasteiger partial charge in [0.1, 0.15) is 0 Å². The highest BCUT2D eigenvalue weighted by molar-refractivity contribution is 5.83. The third-order valence-electron chi connectivity index (χ3n) is 2.95. The van der Waals surface area contributed by atoms with Gasteiger partial charge in [-0.3, -0.25) is 0 Å². The van der Waals surface area contributed by atoms with Gasteiger partial charge < -0.3 is 4.98 Å². The van der Waals surface area contributed by atoms with Gasteiger partial charge in [0.15, 0.2) is 7.05 Å². The summed E-state index contributed by atoms with van der Waals surface area (Å²) in [4.78, 5) is 23.0. The van der Waals surface area contributed by atoms with Crippen molar-refractivity contribution >= 4 is 28.9 Å². The SMILES string of the molecule is C[N+](=O)c1cccc(/C=N/c2nc3ccccc3[nH]2)c1. The highest BCUT2D eigenvalue weighted by atomic mass is 16.3. The van der Waals surface area contributed by atoms with E-state index in [1.54, 1.807) is 18.3 Å². The van der Waals surface area contributed by atoms with Gasteiger partial charge in [0.05, 0.1) is 11.0 Å². The van der Waals surface area contributed by atoms with E-state index in [4.69, 9.17) is 0 Å². The average Bonchev–Trinajstić information content (AvgIpc) is 2.88. The molecule has 0 saturated carbocycles. The lowest BCUT2D eigenvalue weighted by atomic mass is 10.2. The van der Waals surface area contributed by atoms with E-state index < -0.39 is 0 Å². The van der Waals surface area contributed by atoms with Crippen LogP contribution < -0.4 is 0 Å². The van der Waals surface area contributed by atoms with Crippen LogP contribution in [0.3, 0.4) is 0 Å². The summed E-state index contributed by atoms with van der Waals surface area (Å²) in [5, 5.41) is 0. The van der Waals surface area contributed by atoms with Crippen LogP contribution in [0.25, 0.3) is 11.0 Å². The van der Waals surface area contributed by atoms with Crippen LogP contribution in [0.5, 0.6) is 0 Å². The summed E-state index contributed by atoms with van der Waals surface area (Å²) in [6.45, 7) is 0. The molecule has 3 rings (SSSR count). The van der Waals surface area contributed by atoms with E-state index in [2.05, 4.69) is 15.0 Å². The minimum atomic E-state index is 0.548. The van der Waals surface area contributed by atoms with Crippen molar-refractivity contribution in [2.24, 2.45) is 4.99 Å². The summed E-state index contributed by atoms with van der Waals surface area (Å²) < 4.78 is 0.818. The number of aromatic nitrogens is 2. The molecule has 0 saturated heterocycles. The van der Waals surface area contributed by atoms with E-state index in [1.807, 2.05) is 36.4 Å². The molecule has 0 amide bonds. The van der Waals surface area contributed by atoms with Crippen LogP contribution in [-0.4, -0.2) is 28.0 Å². The Bertz CT molecular complexity index is 771. The number of aliphatic imine (C=N–C) groups is 1. The van der Waals surface area contributed by atoms with E-state index in [0.717, 1.165) is 21.4 Å². The van der Waals surface area contributed by atoms with Crippen LogP contribution >= 0.6 is 0 Å². The standard InChI is InChI=1S/C15H13N4O/c1-19(20)12-6-4-5-11(9-12)10-16-15-17-13-7-2-3-8-14(13)18-15/h2-10H,1H3,(H,17,18)/q+1/b16-10+. The Morgan fingerprint density at radius 1 is 1.20 bits per heavy atom. The summed E-state index contributed by atoms with van der Waals surface area (Å²) in [5.41, 5.74) is 3.28. The van der Waals surface area contributed by atoms with Crippen molar-refractivity contribution in [2.45, 2.75) is 0 Å². The first-order valence-electron chi connectivity index (χ1n) is 6.22.